The number of aliphatic hydroxyl groups is 1. The third-order valence-electron chi connectivity index (χ3n) is 2.91. The predicted molar refractivity (Wildman–Crippen MR) is 75.8 cm³/mol. The van der Waals surface area contributed by atoms with Crippen LogP contribution in [0.1, 0.15) is 5.56 Å². The molecule has 0 aromatic heterocycles. The number of hydrogen-bond donors (Lipinski definition) is 1. The molecule has 1 aliphatic rings. The summed E-state index contributed by atoms with van der Waals surface area (Å²) in [7, 11) is -3.70. The Kier molecular flexibility index (Phi) is 5.35. The van der Waals surface area contributed by atoms with Crippen LogP contribution in [0.4, 0.5) is 0 Å². The van der Waals surface area contributed by atoms with Gasteiger partial charge < -0.3 is 14.6 Å². The maximum Gasteiger partial charge on any atom is 0.264 e. The van der Waals surface area contributed by atoms with Crippen LogP contribution in [-0.2, 0) is 30.4 Å². The summed E-state index contributed by atoms with van der Waals surface area (Å²) in [6.45, 7) is 0.475. The molecule has 2 rings (SSSR count). The lowest BCUT2D eigenvalue weighted by Crippen LogP contribution is -2.45. The maximum absolute atomic E-state index is 11.2. The molecule has 1 aromatic rings. The fourth-order valence-corrected chi connectivity index (χ4v) is 2.60. The SMILES string of the molecule is CS(=O)(=O)O[C@H]1[C@H](O)C=CO[C@@H]1COCc1ccccc1. The van der Waals surface area contributed by atoms with Gasteiger partial charge in [-0.15, -0.1) is 0 Å². The molecule has 1 heterocycles. The van der Waals surface area contributed by atoms with Crippen molar-refractivity contribution in [1.29, 1.82) is 0 Å². The van der Waals surface area contributed by atoms with Crippen LogP contribution >= 0.6 is 0 Å². The first-order chi connectivity index (χ1) is 9.96. The van der Waals surface area contributed by atoms with E-state index < -0.39 is 28.4 Å². The molecule has 0 unspecified atom stereocenters. The first-order valence-electron chi connectivity index (χ1n) is 6.46. The van der Waals surface area contributed by atoms with E-state index in [1.165, 1.54) is 12.3 Å². The lowest BCUT2D eigenvalue weighted by molar-refractivity contribution is -0.0821. The highest BCUT2D eigenvalue weighted by Crippen LogP contribution is 2.18. The van der Waals surface area contributed by atoms with E-state index in [0.717, 1.165) is 11.8 Å². The molecule has 7 heteroatoms. The molecule has 116 valence electrons. The Hall–Kier alpha value is -1.41. The van der Waals surface area contributed by atoms with Crippen molar-refractivity contribution >= 4 is 10.1 Å². The van der Waals surface area contributed by atoms with Crippen molar-refractivity contribution in [2.75, 3.05) is 12.9 Å². The highest BCUT2D eigenvalue weighted by molar-refractivity contribution is 7.86. The van der Waals surface area contributed by atoms with Crippen LogP contribution in [0, 0.1) is 0 Å². The monoisotopic (exact) mass is 314 g/mol. The number of benzene rings is 1. The van der Waals surface area contributed by atoms with Gasteiger partial charge in [0, 0.05) is 0 Å². The van der Waals surface area contributed by atoms with E-state index in [0.29, 0.717) is 6.61 Å². The molecule has 0 aliphatic carbocycles. The first-order valence-corrected chi connectivity index (χ1v) is 8.27. The van der Waals surface area contributed by atoms with Crippen molar-refractivity contribution in [1.82, 2.24) is 0 Å². The molecule has 6 nitrogen and oxygen atoms in total. The van der Waals surface area contributed by atoms with Crippen LogP contribution in [0.15, 0.2) is 42.7 Å². The van der Waals surface area contributed by atoms with Gasteiger partial charge in [0.15, 0.2) is 6.10 Å². The van der Waals surface area contributed by atoms with Gasteiger partial charge in [-0.25, -0.2) is 0 Å². The largest absolute Gasteiger partial charge is 0.493 e. The minimum Gasteiger partial charge on any atom is -0.493 e. The third kappa shape index (κ3) is 5.13. The molecule has 0 saturated carbocycles. The predicted octanol–water partition coefficient (Wildman–Crippen LogP) is 0.821. The molecular weight excluding hydrogens is 296 g/mol. The van der Waals surface area contributed by atoms with Gasteiger partial charge in [-0.2, -0.15) is 8.42 Å². The fraction of sp³-hybridized carbons (Fsp3) is 0.429. The van der Waals surface area contributed by atoms with Crippen molar-refractivity contribution in [2.45, 2.75) is 24.9 Å². The van der Waals surface area contributed by atoms with Crippen LogP contribution in [0.3, 0.4) is 0 Å². The Balaban J connectivity index is 1.92. The second-order valence-electron chi connectivity index (χ2n) is 4.76. The van der Waals surface area contributed by atoms with E-state index in [1.807, 2.05) is 30.3 Å². The van der Waals surface area contributed by atoms with E-state index in [2.05, 4.69) is 0 Å². The summed E-state index contributed by atoms with van der Waals surface area (Å²) in [5, 5.41) is 9.81. The smallest absolute Gasteiger partial charge is 0.264 e. The normalized spacial score (nSPS) is 25.5. The van der Waals surface area contributed by atoms with Crippen LogP contribution in [-0.4, -0.2) is 44.7 Å². The molecule has 1 aliphatic heterocycles. The molecule has 0 spiro atoms. The van der Waals surface area contributed by atoms with Crippen molar-refractivity contribution < 1.29 is 27.2 Å². The van der Waals surface area contributed by atoms with Gasteiger partial charge in [-0.05, 0) is 11.6 Å². The summed E-state index contributed by atoms with van der Waals surface area (Å²) >= 11 is 0. The Bertz CT molecular complexity index is 568. The van der Waals surface area contributed by atoms with E-state index >= 15 is 0 Å². The zero-order chi connectivity index (χ0) is 15.3. The quantitative estimate of drug-likeness (QED) is 0.783. The Morgan fingerprint density at radius 3 is 2.67 bits per heavy atom. The zero-order valence-electron chi connectivity index (χ0n) is 11.6. The third-order valence-corrected chi connectivity index (χ3v) is 3.48. The maximum atomic E-state index is 11.2. The lowest BCUT2D eigenvalue weighted by atomic mass is 10.1. The van der Waals surface area contributed by atoms with Crippen LogP contribution in [0.25, 0.3) is 0 Å². The minimum atomic E-state index is -3.70. The Labute approximate surface area is 124 Å². The van der Waals surface area contributed by atoms with E-state index in [1.54, 1.807) is 0 Å². The summed E-state index contributed by atoms with van der Waals surface area (Å²) in [6, 6.07) is 9.54. The van der Waals surface area contributed by atoms with Crippen molar-refractivity contribution in [2.24, 2.45) is 0 Å². The Morgan fingerprint density at radius 2 is 2.00 bits per heavy atom. The van der Waals surface area contributed by atoms with Gasteiger partial charge in [0.2, 0.25) is 0 Å². The van der Waals surface area contributed by atoms with Gasteiger partial charge in [0.25, 0.3) is 10.1 Å². The summed E-state index contributed by atoms with van der Waals surface area (Å²) in [5.74, 6) is 0. The summed E-state index contributed by atoms with van der Waals surface area (Å²) in [5.41, 5.74) is 0.991. The zero-order valence-corrected chi connectivity index (χ0v) is 12.4. The van der Waals surface area contributed by atoms with Gasteiger partial charge in [0.1, 0.15) is 12.2 Å². The standard InChI is InChI=1S/C14H18O6S/c1-21(16,17)20-14-12(15)7-8-19-13(14)10-18-9-11-5-3-2-4-6-11/h2-8,12-15H,9-10H2,1H3/t12-,13-,14+/m1/s1. The summed E-state index contributed by atoms with van der Waals surface area (Å²) in [4.78, 5) is 0. The van der Waals surface area contributed by atoms with E-state index in [4.69, 9.17) is 13.7 Å². The van der Waals surface area contributed by atoms with Gasteiger partial charge in [0.05, 0.1) is 25.7 Å². The molecule has 1 N–H and O–H groups in total. The van der Waals surface area contributed by atoms with Crippen LogP contribution in [0.5, 0.6) is 0 Å². The molecule has 0 amide bonds. The van der Waals surface area contributed by atoms with Crippen LogP contribution in [0.2, 0.25) is 0 Å². The number of ether oxygens (including phenoxy) is 2. The van der Waals surface area contributed by atoms with Crippen molar-refractivity contribution in [3.63, 3.8) is 0 Å². The molecule has 0 fully saturated rings. The molecule has 3 atom stereocenters. The second-order valence-corrected chi connectivity index (χ2v) is 6.36. The van der Waals surface area contributed by atoms with Gasteiger partial charge in [-0.3, -0.25) is 4.18 Å². The van der Waals surface area contributed by atoms with Crippen molar-refractivity contribution in [3.8, 4) is 0 Å². The topological polar surface area (TPSA) is 82.1 Å². The van der Waals surface area contributed by atoms with Crippen LogP contribution < -0.4 is 0 Å². The minimum absolute atomic E-state index is 0.108. The summed E-state index contributed by atoms with van der Waals surface area (Å²) in [6.07, 6.45) is 0.829. The number of hydrogen-bond acceptors (Lipinski definition) is 6. The highest BCUT2D eigenvalue weighted by atomic mass is 32.2. The van der Waals surface area contributed by atoms with E-state index in [-0.39, 0.29) is 6.61 Å². The molecule has 1 aromatic carbocycles. The molecule has 0 bridgehead atoms. The van der Waals surface area contributed by atoms with E-state index in [9.17, 15) is 13.5 Å². The van der Waals surface area contributed by atoms with Gasteiger partial charge in [-0.1, -0.05) is 30.3 Å². The fourth-order valence-electron chi connectivity index (χ4n) is 1.96. The molecule has 21 heavy (non-hydrogen) atoms. The average molecular weight is 314 g/mol. The number of aliphatic hydroxyl groups excluding tert-OH is 1. The highest BCUT2D eigenvalue weighted by Gasteiger charge is 2.35. The van der Waals surface area contributed by atoms with Crippen molar-refractivity contribution in [3.05, 3.63) is 48.2 Å². The second kappa shape index (κ2) is 7.04. The first kappa shape index (κ1) is 16.0. The molecular formula is C14H18O6S. The Morgan fingerprint density at radius 1 is 1.29 bits per heavy atom. The van der Waals surface area contributed by atoms with Gasteiger partial charge >= 0.3 is 0 Å². The average Bonchev–Trinajstić information content (AvgIpc) is 2.42. The number of rotatable bonds is 6. The molecule has 0 saturated heterocycles. The lowest BCUT2D eigenvalue weighted by Gasteiger charge is -2.30. The molecule has 0 radical (unpaired) electrons. The summed E-state index contributed by atoms with van der Waals surface area (Å²) < 4.78 is 38.1.